The Hall–Kier alpha value is -1.46. The highest BCUT2D eigenvalue weighted by Gasteiger charge is 2.41. The van der Waals surface area contributed by atoms with Gasteiger partial charge in [-0.15, -0.1) is 0 Å². The van der Waals surface area contributed by atoms with Crippen LogP contribution in [0.3, 0.4) is 0 Å². The first-order chi connectivity index (χ1) is 9.34. The maximum atomic E-state index is 12.1. The number of nitrogens with zero attached hydrogens (tertiary/aromatic N) is 1. The van der Waals surface area contributed by atoms with Crippen LogP contribution in [0.5, 0.6) is 0 Å². The molecule has 19 heavy (non-hydrogen) atoms. The molecule has 102 valence electrons. The Bertz CT molecular complexity index is 438. The number of carbonyl (C=O) groups is 1. The molecule has 2 N–H and O–H groups in total. The van der Waals surface area contributed by atoms with E-state index in [0.29, 0.717) is 12.0 Å². The topological polar surface area (TPSA) is 63.2 Å². The Balaban J connectivity index is 1.56. The first-order valence-electron chi connectivity index (χ1n) is 6.92. The molecule has 3 unspecified atom stereocenters. The number of hydrogen-bond donors (Lipinski definition) is 2. The fourth-order valence-corrected chi connectivity index (χ4v) is 2.99. The number of pyridine rings is 1. The zero-order valence-electron chi connectivity index (χ0n) is 10.8. The van der Waals surface area contributed by atoms with E-state index in [1.807, 2.05) is 18.2 Å². The van der Waals surface area contributed by atoms with Gasteiger partial charge in [-0.3, -0.25) is 15.2 Å². The molecule has 3 atom stereocenters. The van der Waals surface area contributed by atoms with Crippen molar-refractivity contribution < 1.29 is 9.53 Å². The second-order valence-corrected chi connectivity index (χ2v) is 5.25. The standard InChI is InChI=1S/C14H19N3O2/c18-14(19-9-10-5-3-4-8-15-10)13-11-6-1-2-7-12(11)16-17-13/h3-5,8,11-13,16-17H,1-2,6-7,9H2. The summed E-state index contributed by atoms with van der Waals surface area (Å²) >= 11 is 0. The predicted molar refractivity (Wildman–Crippen MR) is 69.8 cm³/mol. The smallest absolute Gasteiger partial charge is 0.325 e. The molecular weight excluding hydrogens is 242 g/mol. The number of hydrogen-bond acceptors (Lipinski definition) is 5. The summed E-state index contributed by atoms with van der Waals surface area (Å²) in [5, 5.41) is 0. The minimum Gasteiger partial charge on any atom is -0.458 e. The Morgan fingerprint density at radius 2 is 2.21 bits per heavy atom. The van der Waals surface area contributed by atoms with Crippen LogP contribution in [0.1, 0.15) is 31.4 Å². The Labute approximate surface area is 112 Å². The monoisotopic (exact) mass is 261 g/mol. The number of nitrogens with one attached hydrogen (secondary N) is 2. The van der Waals surface area contributed by atoms with Crippen molar-refractivity contribution in [3.63, 3.8) is 0 Å². The van der Waals surface area contributed by atoms with Gasteiger partial charge in [-0.25, -0.2) is 5.43 Å². The largest absolute Gasteiger partial charge is 0.458 e. The van der Waals surface area contributed by atoms with Gasteiger partial charge in [-0.05, 0) is 25.0 Å². The average Bonchev–Trinajstić information content (AvgIpc) is 2.90. The van der Waals surface area contributed by atoms with E-state index in [1.54, 1.807) is 6.20 Å². The molecule has 0 aromatic carbocycles. The summed E-state index contributed by atoms with van der Waals surface area (Å²) in [5.74, 6) is 0.192. The normalized spacial score (nSPS) is 29.8. The van der Waals surface area contributed by atoms with Crippen molar-refractivity contribution in [2.45, 2.75) is 44.4 Å². The highest BCUT2D eigenvalue weighted by atomic mass is 16.5. The van der Waals surface area contributed by atoms with Crippen LogP contribution in [0.15, 0.2) is 24.4 Å². The molecule has 1 aromatic heterocycles. The summed E-state index contributed by atoms with van der Waals surface area (Å²) in [5.41, 5.74) is 7.09. The van der Waals surface area contributed by atoms with E-state index in [2.05, 4.69) is 15.8 Å². The lowest BCUT2D eigenvalue weighted by Gasteiger charge is -2.26. The molecule has 2 aliphatic rings. The van der Waals surface area contributed by atoms with Crippen molar-refractivity contribution >= 4 is 5.97 Å². The summed E-state index contributed by atoms with van der Waals surface area (Å²) in [6.45, 7) is 0.245. The van der Waals surface area contributed by atoms with Gasteiger partial charge < -0.3 is 4.74 Å². The molecule has 1 aliphatic heterocycles. The molecule has 1 saturated heterocycles. The van der Waals surface area contributed by atoms with Crippen LogP contribution in [0.4, 0.5) is 0 Å². The van der Waals surface area contributed by atoms with Crippen LogP contribution < -0.4 is 10.9 Å². The van der Waals surface area contributed by atoms with Crippen molar-refractivity contribution in [1.82, 2.24) is 15.8 Å². The number of carbonyl (C=O) groups excluding carboxylic acids is 1. The quantitative estimate of drug-likeness (QED) is 0.799. The molecule has 0 bridgehead atoms. The lowest BCUT2D eigenvalue weighted by molar-refractivity contribution is -0.148. The van der Waals surface area contributed by atoms with Crippen LogP contribution in [0.2, 0.25) is 0 Å². The lowest BCUT2D eigenvalue weighted by atomic mass is 9.82. The van der Waals surface area contributed by atoms with Gasteiger partial charge in [0.1, 0.15) is 12.6 Å². The first kappa shape index (κ1) is 12.6. The van der Waals surface area contributed by atoms with E-state index in [4.69, 9.17) is 4.74 Å². The van der Waals surface area contributed by atoms with E-state index >= 15 is 0 Å². The van der Waals surface area contributed by atoms with Crippen LogP contribution in [-0.4, -0.2) is 23.0 Å². The maximum Gasteiger partial charge on any atom is 0.325 e. The first-order valence-corrected chi connectivity index (χ1v) is 6.92. The molecule has 1 aliphatic carbocycles. The molecule has 1 aromatic rings. The molecule has 2 fully saturated rings. The summed E-state index contributed by atoms with van der Waals surface area (Å²) in [6.07, 6.45) is 6.38. The number of rotatable bonds is 3. The highest BCUT2D eigenvalue weighted by molar-refractivity contribution is 5.76. The van der Waals surface area contributed by atoms with Crippen LogP contribution >= 0.6 is 0 Å². The van der Waals surface area contributed by atoms with E-state index in [-0.39, 0.29) is 18.6 Å². The Morgan fingerprint density at radius 3 is 3.05 bits per heavy atom. The van der Waals surface area contributed by atoms with Crippen molar-refractivity contribution in [1.29, 1.82) is 0 Å². The summed E-state index contributed by atoms with van der Waals surface area (Å²) in [7, 11) is 0. The second-order valence-electron chi connectivity index (χ2n) is 5.25. The molecular formula is C14H19N3O2. The lowest BCUT2D eigenvalue weighted by Crippen LogP contribution is -2.39. The van der Waals surface area contributed by atoms with Crippen LogP contribution in [0, 0.1) is 5.92 Å². The predicted octanol–water partition coefficient (Wildman–Crippen LogP) is 1.16. The van der Waals surface area contributed by atoms with Crippen molar-refractivity contribution in [3.8, 4) is 0 Å². The van der Waals surface area contributed by atoms with Gasteiger partial charge in [0.15, 0.2) is 0 Å². The van der Waals surface area contributed by atoms with Gasteiger partial charge in [0.2, 0.25) is 0 Å². The van der Waals surface area contributed by atoms with E-state index < -0.39 is 0 Å². The molecule has 5 nitrogen and oxygen atoms in total. The number of aromatic nitrogens is 1. The minimum absolute atomic E-state index is 0.174. The van der Waals surface area contributed by atoms with E-state index in [0.717, 1.165) is 18.5 Å². The highest BCUT2D eigenvalue weighted by Crippen LogP contribution is 2.30. The van der Waals surface area contributed by atoms with Gasteiger partial charge in [-0.2, -0.15) is 0 Å². The number of esters is 1. The summed E-state index contributed by atoms with van der Waals surface area (Å²) in [4.78, 5) is 16.3. The number of hydrazine groups is 1. The molecule has 5 heteroatoms. The molecule has 2 heterocycles. The SMILES string of the molecule is O=C(OCc1ccccn1)C1NNC2CCCCC21. The third-order valence-electron chi connectivity index (χ3n) is 4.01. The third kappa shape index (κ3) is 2.77. The zero-order valence-corrected chi connectivity index (χ0v) is 10.8. The number of fused-ring (bicyclic) bond motifs is 1. The molecule has 3 rings (SSSR count). The number of ether oxygens (including phenoxy) is 1. The second kappa shape index (κ2) is 5.67. The molecule has 1 saturated carbocycles. The fourth-order valence-electron chi connectivity index (χ4n) is 2.99. The summed E-state index contributed by atoms with van der Waals surface area (Å²) in [6, 6.07) is 5.80. The maximum absolute atomic E-state index is 12.1. The third-order valence-corrected chi connectivity index (χ3v) is 4.01. The van der Waals surface area contributed by atoms with E-state index in [1.165, 1.54) is 12.8 Å². The van der Waals surface area contributed by atoms with Crippen LogP contribution in [0.25, 0.3) is 0 Å². The van der Waals surface area contributed by atoms with E-state index in [9.17, 15) is 4.79 Å². The van der Waals surface area contributed by atoms with Crippen LogP contribution in [-0.2, 0) is 16.1 Å². The fraction of sp³-hybridized carbons (Fsp3) is 0.571. The van der Waals surface area contributed by atoms with Crippen molar-refractivity contribution in [2.24, 2.45) is 5.92 Å². The van der Waals surface area contributed by atoms with Gasteiger partial charge >= 0.3 is 5.97 Å². The Morgan fingerprint density at radius 1 is 1.32 bits per heavy atom. The molecule has 0 radical (unpaired) electrons. The van der Waals surface area contributed by atoms with Crippen molar-refractivity contribution in [3.05, 3.63) is 30.1 Å². The van der Waals surface area contributed by atoms with Gasteiger partial charge in [0.25, 0.3) is 0 Å². The van der Waals surface area contributed by atoms with Gasteiger partial charge in [-0.1, -0.05) is 18.9 Å². The zero-order chi connectivity index (χ0) is 13.1. The summed E-state index contributed by atoms with van der Waals surface area (Å²) < 4.78 is 5.36. The minimum atomic E-state index is -0.214. The molecule has 0 spiro atoms. The Kier molecular flexibility index (Phi) is 3.75. The van der Waals surface area contributed by atoms with Gasteiger partial charge in [0, 0.05) is 18.2 Å². The van der Waals surface area contributed by atoms with Crippen molar-refractivity contribution in [2.75, 3.05) is 0 Å². The van der Waals surface area contributed by atoms with Gasteiger partial charge in [0.05, 0.1) is 5.69 Å². The average molecular weight is 261 g/mol. The molecule has 0 amide bonds.